The van der Waals surface area contributed by atoms with Crippen molar-refractivity contribution in [2.75, 3.05) is 6.61 Å². The van der Waals surface area contributed by atoms with Crippen LogP contribution < -0.4 is 5.32 Å². The summed E-state index contributed by atoms with van der Waals surface area (Å²) in [5.74, 6) is -0.143. The number of rotatable bonds is 4. The first kappa shape index (κ1) is 13.2. The normalized spacial score (nSPS) is 13.2. The lowest BCUT2D eigenvalue weighted by Crippen LogP contribution is -2.40. The van der Waals surface area contributed by atoms with Crippen molar-refractivity contribution >= 4 is 21.8 Å². The third-order valence-electron chi connectivity index (χ3n) is 2.23. The molecule has 0 bridgehead atoms. The van der Waals surface area contributed by atoms with Gasteiger partial charge >= 0.3 is 0 Å². The molecule has 1 aromatic carbocycles. The zero-order chi connectivity index (χ0) is 12.2. The summed E-state index contributed by atoms with van der Waals surface area (Å²) in [6.45, 7) is 3.42. The largest absolute Gasteiger partial charge is 0.394 e. The molecule has 0 aliphatic heterocycles. The van der Waals surface area contributed by atoms with Gasteiger partial charge in [-0.3, -0.25) is 4.79 Å². The first-order valence-electron chi connectivity index (χ1n) is 5.11. The van der Waals surface area contributed by atoms with Crippen LogP contribution in [0, 0.1) is 0 Å². The van der Waals surface area contributed by atoms with Crippen molar-refractivity contribution in [2.24, 2.45) is 0 Å². The fourth-order valence-corrected chi connectivity index (χ4v) is 1.36. The SMILES string of the molecule is CC(C)(Br)C(=O)N[C@H](CO)c1ccccc1. The number of hydrogen-bond acceptors (Lipinski definition) is 2. The Kier molecular flexibility index (Phi) is 4.50. The first-order chi connectivity index (χ1) is 7.45. The zero-order valence-electron chi connectivity index (χ0n) is 9.40. The van der Waals surface area contributed by atoms with Crippen LogP contribution in [0.25, 0.3) is 0 Å². The molecular formula is C12H16BrNO2. The minimum Gasteiger partial charge on any atom is -0.394 e. The molecule has 0 aliphatic rings. The fourth-order valence-electron chi connectivity index (χ4n) is 1.25. The number of benzene rings is 1. The predicted octanol–water partition coefficient (Wildman–Crippen LogP) is 2.01. The number of carbonyl (C=O) groups is 1. The van der Waals surface area contributed by atoms with E-state index in [1.807, 2.05) is 30.3 Å². The van der Waals surface area contributed by atoms with Gasteiger partial charge in [-0.25, -0.2) is 0 Å². The van der Waals surface area contributed by atoms with Crippen molar-refractivity contribution in [3.05, 3.63) is 35.9 Å². The predicted molar refractivity (Wildman–Crippen MR) is 67.4 cm³/mol. The van der Waals surface area contributed by atoms with Crippen molar-refractivity contribution in [3.63, 3.8) is 0 Å². The highest BCUT2D eigenvalue weighted by atomic mass is 79.9. The van der Waals surface area contributed by atoms with E-state index in [0.29, 0.717) is 0 Å². The fraction of sp³-hybridized carbons (Fsp3) is 0.417. The average Bonchev–Trinajstić information content (AvgIpc) is 2.25. The molecule has 2 N–H and O–H groups in total. The Balaban J connectivity index is 2.75. The Morgan fingerprint density at radius 3 is 2.44 bits per heavy atom. The number of nitrogens with one attached hydrogen (secondary N) is 1. The molecule has 0 aliphatic carbocycles. The van der Waals surface area contributed by atoms with E-state index in [1.165, 1.54) is 0 Å². The molecule has 0 saturated carbocycles. The standard InChI is InChI=1S/C12H16BrNO2/c1-12(2,13)11(16)14-10(8-15)9-6-4-3-5-7-9/h3-7,10,15H,8H2,1-2H3,(H,14,16)/t10-/m1/s1. The van der Waals surface area contributed by atoms with Gasteiger partial charge in [-0.2, -0.15) is 0 Å². The van der Waals surface area contributed by atoms with Crippen molar-refractivity contribution in [1.29, 1.82) is 0 Å². The smallest absolute Gasteiger partial charge is 0.236 e. The summed E-state index contributed by atoms with van der Waals surface area (Å²) in [5, 5.41) is 12.1. The van der Waals surface area contributed by atoms with E-state index in [4.69, 9.17) is 0 Å². The molecule has 0 heterocycles. The lowest BCUT2D eigenvalue weighted by atomic mass is 10.1. The number of aliphatic hydroxyl groups excluding tert-OH is 1. The van der Waals surface area contributed by atoms with Crippen LogP contribution in [0.15, 0.2) is 30.3 Å². The maximum Gasteiger partial charge on any atom is 0.236 e. The molecule has 3 nitrogen and oxygen atoms in total. The summed E-state index contributed by atoms with van der Waals surface area (Å²) < 4.78 is -0.630. The van der Waals surface area contributed by atoms with Crippen LogP contribution in [0.2, 0.25) is 0 Å². The maximum atomic E-state index is 11.7. The topological polar surface area (TPSA) is 49.3 Å². The molecule has 16 heavy (non-hydrogen) atoms. The summed E-state index contributed by atoms with van der Waals surface area (Å²) in [6.07, 6.45) is 0. The molecule has 88 valence electrons. The molecule has 1 rings (SSSR count). The highest BCUT2D eigenvalue weighted by Gasteiger charge is 2.26. The maximum absolute atomic E-state index is 11.7. The van der Waals surface area contributed by atoms with Gasteiger partial charge in [0.25, 0.3) is 0 Å². The van der Waals surface area contributed by atoms with Crippen LogP contribution in [0.1, 0.15) is 25.5 Å². The van der Waals surface area contributed by atoms with Crippen LogP contribution in [0.3, 0.4) is 0 Å². The Morgan fingerprint density at radius 2 is 2.00 bits per heavy atom. The van der Waals surface area contributed by atoms with Gasteiger partial charge in [0.15, 0.2) is 0 Å². The van der Waals surface area contributed by atoms with Crippen molar-refractivity contribution in [2.45, 2.75) is 24.2 Å². The summed E-state index contributed by atoms with van der Waals surface area (Å²) in [7, 11) is 0. The second-order valence-electron chi connectivity index (χ2n) is 4.09. The molecule has 4 heteroatoms. The summed E-state index contributed by atoms with van der Waals surface area (Å²) in [6, 6.07) is 9.05. The van der Waals surface area contributed by atoms with Crippen LogP contribution in [0.5, 0.6) is 0 Å². The van der Waals surface area contributed by atoms with Crippen molar-refractivity contribution in [3.8, 4) is 0 Å². The van der Waals surface area contributed by atoms with E-state index in [0.717, 1.165) is 5.56 Å². The summed E-state index contributed by atoms with van der Waals surface area (Å²) >= 11 is 3.28. The van der Waals surface area contributed by atoms with Gasteiger partial charge in [0.05, 0.1) is 17.0 Å². The summed E-state index contributed by atoms with van der Waals surface area (Å²) in [5.41, 5.74) is 0.898. The Morgan fingerprint density at radius 1 is 1.44 bits per heavy atom. The number of alkyl halides is 1. The van der Waals surface area contributed by atoms with E-state index in [9.17, 15) is 9.90 Å². The van der Waals surface area contributed by atoms with Crippen molar-refractivity contribution in [1.82, 2.24) is 5.32 Å². The molecule has 1 atom stereocenters. The van der Waals surface area contributed by atoms with Gasteiger partial charge in [-0.05, 0) is 19.4 Å². The van der Waals surface area contributed by atoms with Gasteiger partial charge in [-0.1, -0.05) is 46.3 Å². The molecule has 0 aromatic heterocycles. The van der Waals surface area contributed by atoms with Gasteiger partial charge < -0.3 is 10.4 Å². The molecule has 1 amide bonds. The van der Waals surface area contributed by atoms with E-state index in [2.05, 4.69) is 21.2 Å². The number of carbonyl (C=O) groups excluding carboxylic acids is 1. The van der Waals surface area contributed by atoms with E-state index in [1.54, 1.807) is 13.8 Å². The van der Waals surface area contributed by atoms with Gasteiger partial charge in [-0.15, -0.1) is 0 Å². The molecule has 0 fully saturated rings. The third kappa shape index (κ3) is 3.61. The minimum atomic E-state index is -0.630. The van der Waals surface area contributed by atoms with Crippen LogP contribution in [-0.4, -0.2) is 21.9 Å². The van der Waals surface area contributed by atoms with E-state index < -0.39 is 4.32 Å². The zero-order valence-corrected chi connectivity index (χ0v) is 11.0. The minimum absolute atomic E-state index is 0.112. The highest BCUT2D eigenvalue weighted by molar-refractivity contribution is 9.10. The highest BCUT2D eigenvalue weighted by Crippen LogP contribution is 2.19. The number of amides is 1. The molecule has 0 saturated heterocycles. The van der Waals surface area contributed by atoms with Crippen molar-refractivity contribution < 1.29 is 9.90 Å². The molecular weight excluding hydrogens is 270 g/mol. The lowest BCUT2D eigenvalue weighted by Gasteiger charge is -2.22. The third-order valence-corrected chi connectivity index (χ3v) is 2.59. The average molecular weight is 286 g/mol. The van der Waals surface area contributed by atoms with Crippen LogP contribution in [-0.2, 0) is 4.79 Å². The Hall–Kier alpha value is -0.870. The van der Waals surface area contributed by atoms with Gasteiger partial charge in [0.2, 0.25) is 5.91 Å². The lowest BCUT2D eigenvalue weighted by molar-refractivity contribution is -0.123. The monoisotopic (exact) mass is 285 g/mol. The summed E-state index contributed by atoms with van der Waals surface area (Å²) in [4.78, 5) is 11.7. The molecule has 0 unspecified atom stereocenters. The second-order valence-corrected chi connectivity index (χ2v) is 6.07. The van der Waals surface area contributed by atoms with E-state index in [-0.39, 0.29) is 18.6 Å². The van der Waals surface area contributed by atoms with Gasteiger partial charge in [0, 0.05) is 0 Å². The molecule has 1 aromatic rings. The number of hydrogen-bond donors (Lipinski definition) is 2. The quantitative estimate of drug-likeness (QED) is 0.832. The first-order valence-corrected chi connectivity index (χ1v) is 5.90. The molecule has 0 spiro atoms. The number of aliphatic hydroxyl groups is 1. The van der Waals surface area contributed by atoms with E-state index >= 15 is 0 Å². The number of halogens is 1. The van der Waals surface area contributed by atoms with Gasteiger partial charge in [0.1, 0.15) is 0 Å². The Labute approximate surface area is 104 Å². The van der Waals surface area contributed by atoms with Crippen LogP contribution in [0.4, 0.5) is 0 Å². The Bertz CT molecular complexity index is 346. The molecule has 0 radical (unpaired) electrons. The second kappa shape index (κ2) is 5.46. The van der Waals surface area contributed by atoms with Crippen LogP contribution >= 0.6 is 15.9 Å².